The summed E-state index contributed by atoms with van der Waals surface area (Å²) in [6.07, 6.45) is 1.07. The molecule has 1 aromatic carbocycles. The van der Waals surface area contributed by atoms with Gasteiger partial charge in [-0.1, -0.05) is 18.5 Å². The van der Waals surface area contributed by atoms with Crippen LogP contribution >= 0.6 is 11.6 Å². The van der Waals surface area contributed by atoms with Crippen molar-refractivity contribution in [3.63, 3.8) is 0 Å². The van der Waals surface area contributed by atoms with E-state index in [1.165, 1.54) is 13.1 Å². The average Bonchev–Trinajstić information content (AvgIpc) is 3.09. The van der Waals surface area contributed by atoms with Crippen LogP contribution in [0.15, 0.2) is 39.6 Å². The second-order valence-electron chi connectivity index (χ2n) is 6.25. The molecule has 0 aliphatic heterocycles. The van der Waals surface area contributed by atoms with Gasteiger partial charge in [0.05, 0.1) is 11.5 Å². The molecular weight excluding hydrogens is 368 g/mol. The molecule has 0 radical (unpaired) electrons. The Morgan fingerprint density at radius 1 is 1.36 bits per heavy atom. The highest BCUT2D eigenvalue weighted by atomic mass is 35.5. The molecule has 2 aromatic rings. The van der Waals surface area contributed by atoms with E-state index >= 15 is 0 Å². The number of nitrogens with zero attached hydrogens (tertiary/aromatic N) is 2. The molecule has 134 valence electrons. The van der Waals surface area contributed by atoms with Crippen molar-refractivity contribution < 1.29 is 17.8 Å². The molecule has 0 amide bonds. The molecule has 1 saturated carbocycles. The Balaban J connectivity index is 1.84. The first-order valence-corrected chi connectivity index (χ1v) is 9.51. The lowest BCUT2D eigenvalue weighted by molar-refractivity contribution is -0.387. The van der Waals surface area contributed by atoms with E-state index in [1.54, 1.807) is 6.07 Å². The third-order valence-electron chi connectivity index (χ3n) is 4.34. The summed E-state index contributed by atoms with van der Waals surface area (Å²) in [6, 6.07) is 7.08. The summed E-state index contributed by atoms with van der Waals surface area (Å²) in [7, 11) is -2.71. The van der Waals surface area contributed by atoms with Crippen LogP contribution < -0.4 is 0 Å². The van der Waals surface area contributed by atoms with Gasteiger partial charge in [0, 0.05) is 24.1 Å². The fourth-order valence-electron chi connectivity index (χ4n) is 2.72. The summed E-state index contributed by atoms with van der Waals surface area (Å²) >= 11 is 5.74. The van der Waals surface area contributed by atoms with Crippen molar-refractivity contribution in [3.05, 3.63) is 57.0 Å². The summed E-state index contributed by atoms with van der Waals surface area (Å²) < 4.78 is 32.2. The normalized spacial score (nSPS) is 20.0. The van der Waals surface area contributed by atoms with E-state index in [9.17, 15) is 18.5 Å². The maximum Gasteiger partial charge on any atom is 0.290 e. The van der Waals surface area contributed by atoms with Crippen molar-refractivity contribution >= 4 is 27.3 Å². The van der Waals surface area contributed by atoms with Crippen LogP contribution in [-0.4, -0.2) is 24.7 Å². The fourth-order valence-corrected chi connectivity index (χ4v) is 4.16. The zero-order valence-corrected chi connectivity index (χ0v) is 15.2. The van der Waals surface area contributed by atoms with Gasteiger partial charge in [0.25, 0.3) is 5.69 Å². The average molecular weight is 385 g/mol. The van der Waals surface area contributed by atoms with Gasteiger partial charge in [-0.3, -0.25) is 10.1 Å². The second-order valence-corrected chi connectivity index (χ2v) is 8.70. The smallest absolute Gasteiger partial charge is 0.290 e. The maximum atomic E-state index is 12.7. The van der Waals surface area contributed by atoms with Crippen molar-refractivity contribution in [2.45, 2.75) is 30.7 Å². The van der Waals surface area contributed by atoms with Crippen LogP contribution in [0.3, 0.4) is 0 Å². The van der Waals surface area contributed by atoms with Gasteiger partial charge in [-0.05, 0) is 36.6 Å². The van der Waals surface area contributed by atoms with E-state index < -0.39 is 25.5 Å². The van der Waals surface area contributed by atoms with Crippen LogP contribution in [0.5, 0.6) is 0 Å². The molecule has 1 aliphatic rings. The van der Waals surface area contributed by atoms with Crippen LogP contribution in [0.2, 0.25) is 5.02 Å². The third kappa shape index (κ3) is 3.56. The van der Waals surface area contributed by atoms with Crippen molar-refractivity contribution in [1.82, 2.24) is 4.31 Å². The van der Waals surface area contributed by atoms with E-state index in [4.69, 9.17) is 16.0 Å². The fraction of sp³-hybridized carbons (Fsp3) is 0.375. The van der Waals surface area contributed by atoms with Gasteiger partial charge < -0.3 is 4.42 Å². The van der Waals surface area contributed by atoms with Crippen molar-refractivity contribution in [1.29, 1.82) is 0 Å². The molecule has 0 bridgehead atoms. The van der Waals surface area contributed by atoms with E-state index in [1.807, 2.05) is 6.07 Å². The van der Waals surface area contributed by atoms with Gasteiger partial charge in [0.2, 0.25) is 10.0 Å². The minimum atomic E-state index is -4.06. The van der Waals surface area contributed by atoms with Crippen molar-refractivity contribution in [3.8, 4) is 0 Å². The Morgan fingerprint density at radius 3 is 2.64 bits per heavy atom. The molecule has 1 fully saturated rings. The molecule has 0 spiro atoms. The van der Waals surface area contributed by atoms with Crippen LogP contribution in [-0.2, 0) is 16.6 Å². The number of furan rings is 1. The first-order valence-electron chi connectivity index (χ1n) is 7.69. The molecule has 0 N–H and O–H groups in total. The predicted octanol–water partition coefficient (Wildman–Crippen LogP) is 3.79. The highest BCUT2D eigenvalue weighted by molar-refractivity contribution is 7.89. The van der Waals surface area contributed by atoms with Crippen LogP contribution in [0.25, 0.3) is 0 Å². The lowest BCUT2D eigenvalue weighted by Crippen LogP contribution is -2.27. The summed E-state index contributed by atoms with van der Waals surface area (Å²) in [5, 5.41) is 11.3. The minimum absolute atomic E-state index is 0.0107. The second kappa shape index (κ2) is 6.44. The molecule has 9 heteroatoms. The van der Waals surface area contributed by atoms with Gasteiger partial charge in [-0.15, -0.1) is 0 Å². The summed E-state index contributed by atoms with van der Waals surface area (Å²) in [6.45, 7) is 2.12. The SMILES string of the molecule is C[C@H]1C[C@@H]1c1ccc(CN(C)S(=O)(=O)c2ccc(Cl)cc2[N+](=O)[O-])o1. The Bertz CT molecular complexity index is 924. The molecule has 0 saturated heterocycles. The third-order valence-corrected chi connectivity index (χ3v) is 6.43. The number of halogens is 1. The molecular formula is C16H17ClN2O5S. The molecule has 1 aliphatic carbocycles. The highest BCUT2D eigenvalue weighted by Crippen LogP contribution is 2.47. The van der Waals surface area contributed by atoms with Gasteiger partial charge in [0.15, 0.2) is 4.90 Å². The highest BCUT2D eigenvalue weighted by Gasteiger charge is 2.37. The molecule has 25 heavy (non-hydrogen) atoms. The monoisotopic (exact) mass is 384 g/mol. The number of nitro benzene ring substituents is 1. The lowest BCUT2D eigenvalue weighted by Gasteiger charge is -2.16. The van der Waals surface area contributed by atoms with Gasteiger partial charge in [0.1, 0.15) is 11.5 Å². The Hall–Kier alpha value is -1.90. The van der Waals surface area contributed by atoms with Crippen LogP contribution in [0.1, 0.15) is 30.8 Å². The molecule has 2 atom stereocenters. The van der Waals surface area contributed by atoms with E-state index in [-0.39, 0.29) is 11.6 Å². The van der Waals surface area contributed by atoms with Crippen LogP contribution in [0.4, 0.5) is 5.69 Å². The predicted molar refractivity (Wildman–Crippen MR) is 92.0 cm³/mol. The summed E-state index contributed by atoms with van der Waals surface area (Å²) in [5.41, 5.74) is -0.550. The van der Waals surface area contributed by atoms with E-state index in [0.717, 1.165) is 28.6 Å². The molecule has 1 aromatic heterocycles. The number of hydrogen-bond donors (Lipinski definition) is 0. The molecule has 7 nitrogen and oxygen atoms in total. The molecule has 3 rings (SSSR count). The van der Waals surface area contributed by atoms with E-state index in [2.05, 4.69) is 6.92 Å². The number of benzene rings is 1. The largest absolute Gasteiger partial charge is 0.464 e. The molecule has 0 unspecified atom stereocenters. The van der Waals surface area contributed by atoms with Gasteiger partial charge >= 0.3 is 0 Å². The van der Waals surface area contributed by atoms with Crippen LogP contribution in [0, 0.1) is 16.0 Å². The van der Waals surface area contributed by atoms with Crippen molar-refractivity contribution in [2.75, 3.05) is 7.05 Å². The Labute approximate surface area is 150 Å². The first-order chi connectivity index (χ1) is 11.7. The summed E-state index contributed by atoms with van der Waals surface area (Å²) in [5.74, 6) is 2.33. The first kappa shape index (κ1) is 17.9. The number of nitro groups is 1. The number of rotatable bonds is 6. The number of hydrogen-bond acceptors (Lipinski definition) is 5. The Morgan fingerprint density at radius 2 is 2.04 bits per heavy atom. The van der Waals surface area contributed by atoms with Gasteiger partial charge in [-0.2, -0.15) is 4.31 Å². The molecule has 1 heterocycles. The maximum absolute atomic E-state index is 12.7. The standard InChI is InChI=1S/C16H17ClN2O5S/c1-10-7-13(10)15-5-4-12(24-15)9-18(2)25(22,23)16-6-3-11(17)8-14(16)19(20)21/h3-6,8,10,13H,7,9H2,1-2H3/t10-,13-/m0/s1. The number of sulfonamides is 1. The van der Waals surface area contributed by atoms with E-state index in [0.29, 0.717) is 17.6 Å². The Kier molecular flexibility index (Phi) is 4.61. The van der Waals surface area contributed by atoms with Crippen molar-refractivity contribution in [2.24, 2.45) is 5.92 Å². The topological polar surface area (TPSA) is 93.7 Å². The zero-order valence-electron chi connectivity index (χ0n) is 13.7. The van der Waals surface area contributed by atoms with Gasteiger partial charge in [-0.25, -0.2) is 8.42 Å². The quantitative estimate of drug-likeness (QED) is 0.558. The summed E-state index contributed by atoms with van der Waals surface area (Å²) in [4.78, 5) is 10.0. The minimum Gasteiger partial charge on any atom is -0.464 e. The zero-order chi connectivity index (χ0) is 18.4. The lowest BCUT2D eigenvalue weighted by atomic mass is 10.3.